The van der Waals surface area contributed by atoms with Gasteiger partial charge in [0.15, 0.2) is 5.96 Å². The van der Waals surface area contributed by atoms with Gasteiger partial charge in [0.1, 0.15) is 0 Å². The van der Waals surface area contributed by atoms with Crippen LogP contribution in [0.15, 0.2) is 17.4 Å². The summed E-state index contributed by atoms with van der Waals surface area (Å²) in [4.78, 5) is 6.84. The third-order valence-corrected chi connectivity index (χ3v) is 4.13. The van der Waals surface area contributed by atoms with Crippen molar-refractivity contribution in [3.8, 4) is 0 Å². The Kier molecular flexibility index (Phi) is 5.22. The Labute approximate surface area is 127 Å². The van der Waals surface area contributed by atoms with Gasteiger partial charge in [-0.25, -0.2) is 0 Å². The Morgan fingerprint density at radius 3 is 2.76 bits per heavy atom. The number of hydrogen-bond donors (Lipinski definition) is 2. The maximum atomic E-state index is 4.33. The van der Waals surface area contributed by atoms with Crippen LogP contribution in [0, 0.1) is 5.92 Å². The number of guanidine groups is 1. The molecule has 21 heavy (non-hydrogen) atoms. The average molecular weight is 292 g/mol. The Balaban J connectivity index is 1.85. The molecular formula is C15H28N6. The van der Waals surface area contributed by atoms with Crippen LogP contribution in [0.2, 0.25) is 0 Å². The molecule has 1 saturated heterocycles. The molecule has 2 atom stereocenters. The van der Waals surface area contributed by atoms with Gasteiger partial charge in [0.05, 0.1) is 6.20 Å². The Morgan fingerprint density at radius 1 is 1.48 bits per heavy atom. The lowest BCUT2D eigenvalue weighted by atomic mass is 10.1. The number of likely N-dealkylation sites (tertiary alicyclic amines) is 1. The lowest BCUT2D eigenvalue weighted by Gasteiger charge is -2.21. The molecule has 0 amide bonds. The summed E-state index contributed by atoms with van der Waals surface area (Å²) >= 11 is 0. The number of hydrogen-bond acceptors (Lipinski definition) is 3. The van der Waals surface area contributed by atoms with Crippen molar-refractivity contribution in [2.24, 2.45) is 18.0 Å². The van der Waals surface area contributed by atoms with Crippen LogP contribution >= 0.6 is 0 Å². The largest absolute Gasteiger partial charge is 0.352 e. The number of nitrogens with one attached hydrogen (secondary N) is 2. The summed E-state index contributed by atoms with van der Waals surface area (Å²) in [5, 5.41) is 11.1. The van der Waals surface area contributed by atoms with Gasteiger partial charge in [0.2, 0.25) is 0 Å². The second kappa shape index (κ2) is 6.93. The number of nitrogens with zero attached hydrogens (tertiary/aromatic N) is 4. The molecule has 1 aromatic rings. The fourth-order valence-corrected chi connectivity index (χ4v) is 2.73. The topological polar surface area (TPSA) is 57.5 Å². The molecule has 2 unspecified atom stereocenters. The highest BCUT2D eigenvalue weighted by Gasteiger charge is 2.31. The number of aryl methyl sites for hydroxylation is 1. The van der Waals surface area contributed by atoms with E-state index in [1.54, 1.807) is 0 Å². The Bertz CT molecular complexity index is 478. The van der Waals surface area contributed by atoms with Crippen molar-refractivity contribution in [2.75, 3.05) is 20.1 Å². The van der Waals surface area contributed by atoms with Gasteiger partial charge in [-0.15, -0.1) is 0 Å². The molecule has 2 rings (SSSR count). The van der Waals surface area contributed by atoms with Crippen molar-refractivity contribution in [2.45, 2.75) is 39.4 Å². The van der Waals surface area contributed by atoms with Gasteiger partial charge in [-0.05, 0) is 19.8 Å². The van der Waals surface area contributed by atoms with E-state index in [-0.39, 0.29) is 0 Å². The highest BCUT2D eigenvalue weighted by Crippen LogP contribution is 2.18. The normalized spacial score (nSPS) is 23.8. The van der Waals surface area contributed by atoms with Crippen LogP contribution in [0.5, 0.6) is 0 Å². The minimum Gasteiger partial charge on any atom is -0.352 e. The summed E-state index contributed by atoms with van der Waals surface area (Å²) in [6.45, 7) is 9.77. The molecule has 0 aliphatic carbocycles. The highest BCUT2D eigenvalue weighted by atomic mass is 15.3. The predicted octanol–water partition coefficient (Wildman–Crippen LogP) is 0.814. The number of rotatable bonds is 4. The van der Waals surface area contributed by atoms with Gasteiger partial charge in [0, 0.05) is 57.6 Å². The molecule has 0 saturated carbocycles. The van der Waals surface area contributed by atoms with Gasteiger partial charge in [-0.1, -0.05) is 6.92 Å². The van der Waals surface area contributed by atoms with E-state index in [2.05, 4.69) is 46.4 Å². The first kappa shape index (κ1) is 15.8. The molecule has 6 nitrogen and oxygen atoms in total. The smallest absolute Gasteiger partial charge is 0.191 e. The van der Waals surface area contributed by atoms with E-state index in [1.165, 1.54) is 0 Å². The van der Waals surface area contributed by atoms with Crippen LogP contribution < -0.4 is 10.6 Å². The minimum atomic E-state index is 0.451. The van der Waals surface area contributed by atoms with Crippen molar-refractivity contribution in [3.63, 3.8) is 0 Å². The second-order valence-electron chi connectivity index (χ2n) is 6.22. The summed E-state index contributed by atoms with van der Waals surface area (Å²) in [5.41, 5.74) is 1.16. The fourth-order valence-electron chi connectivity index (χ4n) is 2.73. The first-order chi connectivity index (χ1) is 9.99. The molecule has 0 radical (unpaired) electrons. The number of aliphatic imine (C=N–C) groups is 1. The minimum absolute atomic E-state index is 0.451. The zero-order chi connectivity index (χ0) is 15.4. The van der Waals surface area contributed by atoms with Crippen LogP contribution in [0.4, 0.5) is 0 Å². The molecule has 2 N–H and O–H groups in total. The van der Waals surface area contributed by atoms with Gasteiger partial charge in [-0.3, -0.25) is 14.6 Å². The zero-order valence-corrected chi connectivity index (χ0v) is 13.8. The van der Waals surface area contributed by atoms with Crippen LogP contribution in [0.3, 0.4) is 0 Å². The zero-order valence-electron chi connectivity index (χ0n) is 13.8. The second-order valence-corrected chi connectivity index (χ2v) is 6.22. The van der Waals surface area contributed by atoms with E-state index >= 15 is 0 Å². The number of aromatic nitrogens is 2. The van der Waals surface area contributed by atoms with Gasteiger partial charge < -0.3 is 10.6 Å². The van der Waals surface area contributed by atoms with Crippen LogP contribution in [0.1, 0.15) is 26.3 Å². The first-order valence-electron chi connectivity index (χ1n) is 7.68. The Morgan fingerprint density at radius 2 is 2.24 bits per heavy atom. The van der Waals surface area contributed by atoms with Crippen molar-refractivity contribution >= 4 is 5.96 Å². The quantitative estimate of drug-likeness (QED) is 0.637. The summed E-state index contributed by atoms with van der Waals surface area (Å²) in [5.74, 6) is 1.49. The summed E-state index contributed by atoms with van der Waals surface area (Å²) in [6.07, 6.45) is 3.89. The third kappa shape index (κ3) is 4.20. The molecule has 0 bridgehead atoms. The van der Waals surface area contributed by atoms with E-state index in [9.17, 15) is 0 Å². The fraction of sp³-hybridized carbons (Fsp3) is 0.733. The van der Waals surface area contributed by atoms with Crippen LogP contribution in [0.25, 0.3) is 0 Å². The van der Waals surface area contributed by atoms with E-state index < -0.39 is 0 Å². The molecule has 2 heterocycles. The molecule has 0 spiro atoms. The molecule has 1 aliphatic rings. The van der Waals surface area contributed by atoms with E-state index in [0.29, 0.717) is 18.0 Å². The van der Waals surface area contributed by atoms with E-state index in [4.69, 9.17) is 0 Å². The van der Waals surface area contributed by atoms with E-state index in [0.717, 1.165) is 31.2 Å². The lowest BCUT2D eigenvalue weighted by molar-refractivity contribution is 0.265. The lowest BCUT2D eigenvalue weighted by Crippen LogP contribution is -2.46. The molecular weight excluding hydrogens is 264 g/mol. The molecule has 1 fully saturated rings. The van der Waals surface area contributed by atoms with Crippen molar-refractivity contribution in [1.82, 2.24) is 25.3 Å². The molecule has 6 heteroatoms. The Hall–Kier alpha value is -1.56. The molecule has 1 aliphatic heterocycles. The maximum absolute atomic E-state index is 4.33. The van der Waals surface area contributed by atoms with E-state index in [1.807, 2.05) is 31.2 Å². The first-order valence-corrected chi connectivity index (χ1v) is 7.68. The van der Waals surface area contributed by atoms with Gasteiger partial charge in [-0.2, -0.15) is 5.10 Å². The van der Waals surface area contributed by atoms with Crippen LogP contribution in [-0.2, 0) is 13.6 Å². The molecule has 118 valence electrons. The molecule has 1 aromatic heterocycles. The van der Waals surface area contributed by atoms with Gasteiger partial charge >= 0.3 is 0 Å². The van der Waals surface area contributed by atoms with Gasteiger partial charge in [0.25, 0.3) is 0 Å². The van der Waals surface area contributed by atoms with Crippen LogP contribution in [-0.4, -0.2) is 52.9 Å². The third-order valence-electron chi connectivity index (χ3n) is 4.13. The average Bonchev–Trinajstić information content (AvgIpc) is 3.01. The predicted molar refractivity (Wildman–Crippen MR) is 86.2 cm³/mol. The summed E-state index contributed by atoms with van der Waals surface area (Å²) in [6, 6.07) is 1.05. The maximum Gasteiger partial charge on any atom is 0.191 e. The monoisotopic (exact) mass is 292 g/mol. The van der Waals surface area contributed by atoms with Crippen molar-refractivity contribution < 1.29 is 0 Å². The highest BCUT2D eigenvalue weighted by molar-refractivity contribution is 5.80. The summed E-state index contributed by atoms with van der Waals surface area (Å²) < 4.78 is 1.81. The molecule has 0 aromatic carbocycles. The SMILES string of the molecule is CN=C(NCc1cnn(C)c1)NC1CN(C(C)C)CC1C. The standard InChI is InChI=1S/C15H28N6/c1-11(2)21-8-12(3)14(10-21)19-15(16-4)17-6-13-7-18-20(5)9-13/h7,9,11-12,14H,6,8,10H2,1-5H3,(H2,16,17,19). The van der Waals surface area contributed by atoms with Crippen molar-refractivity contribution in [3.05, 3.63) is 18.0 Å². The summed E-state index contributed by atoms with van der Waals surface area (Å²) in [7, 11) is 3.75. The van der Waals surface area contributed by atoms with Crippen molar-refractivity contribution in [1.29, 1.82) is 0 Å².